The summed E-state index contributed by atoms with van der Waals surface area (Å²) in [5.41, 5.74) is -0.478. The first-order chi connectivity index (χ1) is 11.9. The molecular weight excluding hydrogens is 342 g/mol. The van der Waals surface area contributed by atoms with E-state index in [0.717, 1.165) is 25.0 Å². The number of likely N-dealkylation sites (N-methyl/N-ethyl adjacent to an activating group) is 1. The number of Topliss-reactive ketones (excluding diaryl/α,β-unsaturated/α-hetero) is 1. The number of ether oxygens (including phenoxy) is 1. The van der Waals surface area contributed by atoms with Crippen LogP contribution in [0.2, 0.25) is 5.02 Å². The third-order valence-electron chi connectivity index (χ3n) is 4.52. The summed E-state index contributed by atoms with van der Waals surface area (Å²) >= 11 is 6.35. The summed E-state index contributed by atoms with van der Waals surface area (Å²) in [5, 5.41) is 0.451. The van der Waals surface area contributed by atoms with Gasteiger partial charge in [0.2, 0.25) is 5.91 Å². The second kappa shape index (κ2) is 8.30. The van der Waals surface area contributed by atoms with Crippen LogP contribution in [-0.4, -0.2) is 36.2 Å². The zero-order valence-electron chi connectivity index (χ0n) is 14.5. The molecule has 0 aromatic heterocycles. The van der Waals surface area contributed by atoms with Gasteiger partial charge in [0.05, 0.1) is 6.61 Å². The maximum atomic E-state index is 12.9. The van der Waals surface area contributed by atoms with Crippen molar-refractivity contribution < 1.29 is 19.1 Å². The van der Waals surface area contributed by atoms with E-state index in [2.05, 4.69) is 0 Å². The summed E-state index contributed by atoms with van der Waals surface area (Å²) < 4.78 is 4.78. The molecule has 0 heterocycles. The average Bonchev–Trinajstić information content (AvgIpc) is 2.60. The van der Waals surface area contributed by atoms with E-state index in [9.17, 15) is 14.4 Å². The topological polar surface area (TPSA) is 63.7 Å². The Labute approximate surface area is 152 Å². The molecule has 6 heteroatoms. The smallest absolute Gasteiger partial charge is 0.330 e. The lowest BCUT2D eigenvalue weighted by molar-refractivity contribution is -0.145. The first kappa shape index (κ1) is 19.2. The Hall–Kier alpha value is -2.14. The van der Waals surface area contributed by atoms with Crippen LogP contribution in [0.15, 0.2) is 36.4 Å². The molecule has 0 radical (unpaired) electrons. The minimum atomic E-state index is -1.10. The third kappa shape index (κ3) is 3.93. The van der Waals surface area contributed by atoms with Crippen LogP contribution in [-0.2, 0) is 24.7 Å². The van der Waals surface area contributed by atoms with Gasteiger partial charge in [-0.2, -0.15) is 0 Å². The number of esters is 1. The van der Waals surface area contributed by atoms with Gasteiger partial charge in [0, 0.05) is 36.2 Å². The van der Waals surface area contributed by atoms with Crippen LogP contribution >= 0.6 is 11.6 Å². The van der Waals surface area contributed by atoms with Gasteiger partial charge in [-0.25, -0.2) is 4.79 Å². The summed E-state index contributed by atoms with van der Waals surface area (Å²) in [6.07, 6.45) is 4.73. The van der Waals surface area contributed by atoms with Crippen molar-refractivity contribution in [1.82, 2.24) is 4.90 Å². The summed E-state index contributed by atoms with van der Waals surface area (Å²) in [6.45, 7) is 1.92. The molecule has 1 aromatic carbocycles. The minimum absolute atomic E-state index is 0.0350. The standard InChI is InChI=1S/C19H22ClNO4/c1-3-25-18(24)12-11-17(23)21(2)19(13-7-6-10-16(19)22)14-8-4-5-9-15(14)20/h4-5,8-9,11-12H,3,6-7,10,13H2,1-2H3/b12-11+/t19-/m0/s1. The maximum absolute atomic E-state index is 12.9. The third-order valence-corrected chi connectivity index (χ3v) is 4.85. The summed E-state index contributed by atoms with van der Waals surface area (Å²) in [6, 6.07) is 7.09. The highest BCUT2D eigenvalue weighted by Crippen LogP contribution is 2.42. The van der Waals surface area contributed by atoms with E-state index in [4.69, 9.17) is 16.3 Å². The predicted octanol–water partition coefficient (Wildman–Crippen LogP) is 3.26. The van der Waals surface area contributed by atoms with Gasteiger partial charge in [-0.05, 0) is 32.3 Å². The van der Waals surface area contributed by atoms with Gasteiger partial charge < -0.3 is 9.64 Å². The molecule has 2 rings (SSSR count). The van der Waals surface area contributed by atoms with Crippen LogP contribution < -0.4 is 0 Å². The fourth-order valence-electron chi connectivity index (χ4n) is 3.26. The van der Waals surface area contributed by atoms with Crippen LogP contribution in [0.1, 0.15) is 38.2 Å². The molecule has 1 saturated carbocycles. The highest BCUT2D eigenvalue weighted by Gasteiger charge is 2.47. The van der Waals surface area contributed by atoms with Crippen molar-refractivity contribution in [3.8, 4) is 0 Å². The van der Waals surface area contributed by atoms with E-state index in [0.29, 0.717) is 23.4 Å². The Bertz CT molecular complexity index is 700. The first-order valence-corrected chi connectivity index (χ1v) is 8.72. The summed E-state index contributed by atoms with van der Waals surface area (Å²) in [7, 11) is 1.57. The number of halogens is 1. The predicted molar refractivity (Wildman–Crippen MR) is 95.1 cm³/mol. The van der Waals surface area contributed by atoms with Gasteiger partial charge in [0.15, 0.2) is 5.78 Å². The molecule has 1 fully saturated rings. The number of hydrogen-bond acceptors (Lipinski definition) is 4. The molecule has 1 aliphatic carbocycles. The summed E-state index contributed by atoms with van der Waals surface area (Å²) in [5.74, 6) is -1.07. The van der Waals surface area contributed by atoms with Crippen LogP contribution in [0.5, 0.6) is 0 Å². The number of benzene rings is 1. The molecule has 134 valence electrons. The molecule has 25 heavy (non-hydrogen) atoms. The highest BCUT2D eigenvalue weighted by atomic mass is 35.5. The van der Waals surface area contributed by atoms with E-state index in [-0.39, 0.29) is 12.4 Å². The number of amides is 1. The van der Waals surface area contributed by atoms with Crippen LogP contribution in [0.25, 0.3) is 0 Å². The van der Waals surface area contributed by atoms with E-state index in [1.54, 1.807) is 38.2 Å². The Morgan fingerprint density at radius 1 is 1.28 bits per heavy atom. The zero-order chi connectivity index (χ0) is 18.4. The van der Waals surface area contributed by atoms with Crippen molar-refractivity contribution in [1.29, 1.82) is 0 Å². The van der Waals surface area contributed by atoms with Crippen LogP contribution in [0.4, 0.5) is 0 Å². The zero-order valence-corrected chi connectivity index (χ0v) is 15.2. The van der Waals surface area contributed by atoms with Crippen molar-refractivity contribution in [2.24, 2.45) is 0 Å². The Kier molecular flexibility index (Phi) is 6.37. The van der Waals surface area contributed by atoms with Crippen molar-refractivity contribution in [3.63, 3.8) is 0 Å². The molecule has 0 N–H and O–H groups in total. The lowest BCUT2D eigenvalue weighted by atomic mass is 9.74. The lowest BCUT2D eigenvalue weighted by Crippen LogP contribution is -2.54. The van der Waals surface area contributed by atoms with Crippen molar-refractivity contribution >= 4 is 29.3 Å². The number of ketones is 1. The molecule has 0 bridgehead atoms. The van der Waals surface area contributed by atoms with Gasteiger partial charge in [0.25, 0.3) is 0 Å². The fourth-order valence-corrected chi connectivity index (χ4v) is 3.55. The van der Waals surface area contributed by atoms with Gasteiger partial charge >= 0.3 is 5.97 Å². The molecule has 1 aliphatic rings. The maximum Gasteiger partial charge on any atom is 0.330 e. The van der Waals surface area contributed by atoms with Gasteiger partial charge in [-0.3, -0.25) is 9.59 Å². The van der Waals surface area contributed by atoms with Gasteiger partial charge in [-0.1, -0.05) is 29.8 Å². The lowest BCUT2D eigenvalue weighted by Gasteiger charge is -2.43. The molecule has 0 saturated heterocycles. The van der Waals surface area contributed by atoms with Crippen LogP contribution in [0.3, 0.4) is 0 Å². The largest absolute Gasteiger partial charge is 0.463 e. The Balaban J connectivity index is 2.39. The van der Waals surface area contributed by atoms with E-state index < -0.39 is 17.4 Å². The molecule has 0 aliphatic heterocycles. The van der Waals surface area contributed by atoms with Crippen LogP contribution in [0, 0.1) is 0 Å². The molecule has 5 nitrogen and oxygen atoms in total. The monoisotopic (exact) mass is 363 g/mol. The second-order valence-corrected chi connectivity index (χ2v) is 6.36. The SMILES string of the molecule is CCOC(=O)/C=C/C(=O)N(C)[C@]1(c2ccccc2Cl)CCCCC1=O. The highest BCUT2D eigenvalue weighted by molar-refractivity contribution is 6.31. The van der Waals surface area contributed by atoms with E-state index in [1.165, 1.54) is 4.90 Å². The quantitative estimate of drug-likeness (QED) is 0.595. The Morgan fingerprint density at radius 3 is 2.64 bits per heavy atom. The molecule has 1 amide bonds. The van der Waals surface area contributed by atoms with Crippen molar-refractivity contribution in [2.45, 2.75) is 38.1 Å². The van der Waals surface area contributed by atoms with E-state index >= 15 is 0 Å². The molecule has 1 aromatic rings. The average molecular weight is 364 g/mol. The molecule has 1 atom stereocenters. The first-order valence-electron chi connectivity index (χ1n) is 8.34. The second-order valence-electron chi connectivity index (χ2n) is 5.95. The Morgan fingerprint density at radius 2 is 2.00 bits per heavy atom. The minimum Gasteiger partial charge on any atom is -0.463 e. The van der Waals surface area contributed by atoms with E-state index in [1.807, 2.05) is 0 Å². The molecule has 0 spiro atoms. The van der Waals surface area contributed by atoms with Crippen molar-refractivity contribution in [3.05, 3.63) is 47.0 Å². The molecular formula is C19H22ClNO4. The van der Waals surface area contributed by atoms with Crippen molar-refractivity contribution in [2.75, 3.05) is 13.7 Å². The number of hydrogen-bond donors (Lipinski definition) is 0. The molecule has 0 unspecified atom stereocenters. The number of carbonyl (C=O) groups excluding carboxylic acids is 3. The van der Waals surface area contributed by atoms with Gasteiger partial charge in [-0.15, -0.1) is 0 Å². The van der Waals surface area contributed by atoms with Gasteiger partial charge in [0.1, 0.15) is 5.54 Å². The number of nitrogens with zero attached hydrogens (tertiary/aromatic N) is 1. The summed E-state index contributed by atoms with van der Waals surface area (Å²) in [4.78, 5) is 38.4. The number of carbonyl (C=O) groups is 3. The normalized spacial score (nSPS) is 20.5. The number of rotatable bonds is 5. The fraction of sp³-hybridized carbons (Fsp3) is 0.421.